The Balaban J connectivity index is 1.41. The van der Waals surface area contributed by atoms with E-state index in [0.717, 1.165) is 18.2 Å². The van der Waals surface area contributed by atoms with Crippen LogP contribution in [0, 0.1) is 34.4 Å². The van der Waals surface area contributed by atoms with Crippen LogP contribution in [0.25, 0.3) is 10.9 Å². The maximum Gasteiger partial charge on any atom is 0.251 e. The first-order valence-electron chi connectivity index (χ1n) is 32.4. The van der Waals surface area contributed by atoms with E-state index >= 15 is 0 Å². The number of unbranched alkanes of at least 4 members (excludes halogenated alkanes) is 1. The number of imidazole rings is 1. The van der Waals surface area contributed by atoms with Crippen molar-refractivity contribution in [2.24, 2.45) is 36.1 Å². The fourth-order valence-corrected chi connectivity index (χ4v) is 10.3. The van der Waals surface area contributed by atoms with E-state index in [4.69, 9.17) is 22.6 Å². The van der Waals surface area contributed by atoms with Gasteiger partial charge in [0, 0.05) is 80.4 Å². The number of nitriles is 1. The quantitative estimate of drug-likeness (QED) is 0.0138. The minimum absolute atomic E-state index is 0.0185. The molecule has 534 valence electrons. The molecule has 0 aliphatic rings. The molecular formula is C65H94FN19O13. The zero-order valence-electron chi connectivity index (χ0n) is 56.2. The molecule has 0 saturated carbocycles. The number of hydrogen-bond donors (Lipinski definition) is 17. The van der Waals surface area contributed by atoms with Gasteiger partial charge in [-0.05, 0) is 93.5 Å². The van der Waals surface area contributed by atoms with E-state index in [-0.39, 0.29) is 107 Å². The van der Waals surface area contributed by atoms with E-state index < -0.39 is 150 Å². The van der Waals surface area contributed by atoms with E-state index in [2.05, 4.69) is 68.5 Å². The van der Waals surface area contributed by atoms with Gasteiger partial charge in [0.05, 0.1) is 37.0 Å². The Bertz CT molecular complexity index is 3500. The van der Waals surface area contributed by atoms with Crippen molar-refractivity contribution in [2.45, 2.75) is 179 Å². The molecule has 9 atom stereocenters. The molecule has 0 spiro atoms. The molecule has 0 aliphatic heterocycles. The highest BCUT2D eigenvalue weighted by molar-refractivity contribution is 5.99. The maximum atomic E-state index is 14.4. The Morgan fingerprint density at radius 2 is 1.34 bits per heavy atom. The summed E-state index contributed by atoms with van der Waals surface area (Å²) in [4.78, 5) is 168. The summed E-state index contributed by atoms with van der Waals surface area (Å²) >= 11 is 0. The number of aliphatic hydroxyl groups is 1. The number of H-pyrrole nitrogens is 1. The number of benzene rings is 2. The number of aryl methyl sites for hydroxylation is 1. The molecule has 0 aliphatic carbocycles. The number of aromatic amines is 1. The molecule has 2 heterocycles. The second-order valence-electron chi connectivity index (χ2n) is 24.6. The number of nitrogens with two attached hydrogens (primary N) is 3. The number of para-hydroxylation sites is 1. The largest absolute Gasteiger partial charge is 0.390 e. The monoisotopic (exact) mass is 1370 g/mol. The number of primary amides is 2. The summed E-state index contributed by atoms with van der Waals surface area (Å²) in [6.07, 6.45) is 3.33. The topological polar surface area (TPSA) is 517 Å². The van der Waals surface area contributed by atoms with Crippen molar-refractivity contribution in [2.75, 3.05) is 19.6 Å². The molecule has 2 aromatic heterocycles. The average Bonchev–Trinajstić information content (AvgIpc) is 1.58. The summed E-state index contributed by atoms with van der Waals surface area (Å²) in [6, 6.07) is 2.05. The predicted molar refractivity (Wildman–Crippen MR) is 357 cm³/mol. The first kappa shape index (κ1) is 79.9. The Hall–Kier alpha value is -10.5. The van der Waals surface area contributed by atoms with Crippen LogP contribution >= 0.6 is 0 Å². The van der Waals surface area contributed by atoms with Crippen molar-refractivity contribution < 1.29 is 67.0 Å². The molecule has 4 aromatic rings. The SMILES string of the molecule is CCC[C@H](NC(=O)[C@H](Cc1cncn1C)NC(=O)CNC(=O)[C@@H](NC(=O)[C@H](C)NC(=O)[C@H](Cc1c[nH]c2ccccc12)NC(=O)[C@H](CCC(N)=O)NC(=O)CCCCNC(=O)[C@H](CCCNC(=N)N)NC(=O)c1ccc([18F])c(C#N)c1)C(C)C)[C@@H](O)CC(=O)N[C@@H](CC(C)C)C(N)=O. The average molecular weight is 1370 g/mol. The lowest BCUT2D eigenvalue weighted by atomic mass is 10.00. The first-order chi connectivity index (χ1) is 46.4. The molecule has 12 amide bonds. The Labute approximate surface area is 567 Å². The van der Waals surface area contributed by atoms with Crippen molar-refractivity contribution in [1.29, 1.82) is 10.7 Å². The number of rotatable bonds is 42. The fourth-order valence-electron chi connectivity index (χ4n) is 10.3. The number of fused-ring (bicyclic) bond motifs is 1. The van der Waals surface area contributed by atoms with E-state index in [1.807, 2.05) is 13.8 Å². The highest BCUT2D eigenvalue weighted by Crippen LogP contribution is 2.20. The van der Waals surface area contributed by atoms with E-state index in [1.54, 1.807) is 68.9 Å². The lowest BCUT2D eigenvalue weighted by molar-refractivity contribution is -0.135. The Morgan fingerprint density at radius 1 is 0.684 bits per heavy atom. The molecule has 20 N–H and O–H groups in total. The highest BCUT2D eigenvalue weighted by Gasteiger charge is 2.34. The van der Waals surface area contributed by atoms with Crippen molar-refractivity contribution in [3.05, 3.63) is 89.4 Å². The Morgan fingerprint density at radius 3 is 1.98 bits per heavy atom. The highest BCUT2D eigenvalue weighted by atomic mass is 18.2. The summed E-state index contributed by atoms with van der Waals surface area (Å²) in [7, 11) is 1.67. The lowest BCUT2D eigenvalue weighted by Crippen LogP contribution is -2.59. The third-order valence-corrected chi connectivity index (χ3v) is 15.7. The van der Waals surface area contributed by atoms with Crippen molar-refractivity contribution in [1.82, 2.24) is 73.0 Å². The summed E-state index contributed by atoms with van der Waals surface area (Å²) in [5.74, 6) is -10.9. The second-order valence-corrected chi connectivity index (χ2v) is 24.6. The van der Waals surface area contributed by atoms with Crippen molar-refractivity contribution >= 4 is 87.7 Å². The summed E-state index contributed by atoms with van der Waals surface area (Å²) in [5, 5.41) is 57.3. The summed E-state index contributed by atoms with van der Waals surface area (Å²) in [6.45, 7) is 9.59. The molecule has 0 unspecified atom stereocenters. The van der Waals surface area contributed by atoms with Gasteiger partial charge in [0.2, 0.25) is 65.0 Å². The number of amides is 12. The number of carbonyl (C=O) groups excluding carboxylic acids is 12. The molecule has 0 radical (unpaired) electrons. The van der Waals surface area contributed by atoms with Crippen molar-refractivity contribution in [3.8, 4) is 6.07 Å². The van der Waals surface area contributed by atoms with Crippen LogP contribution in [0.4, 0.5) is 4.39 Å². The van der Waals surface area contributed by atoms with Crippen molar-refractivity contribution in [3.63, 3.8) is 0 Å². The van der Waals surface area contributed by atoms with Crippen LogP contribution in [-0.2, 0) is 72.6 Å². The van der Waals surface area contributed by atoms with Crippen LogP contribution in [0.2, 0.25) is 0 Å². The molecule has 98 heavy (non-hydrogen) atoms. The second kappa shape index (κ2) is 40.1. The van der Waals surface area contributed by atoms with Crippen LogP contribution in [-0.4, -0.2) is 171 Å². The number of aliphatic hydroxyl groups excluding tert-OH is 1. The van der Waals surface area contributed by atoms with Gasteiger partial charge in [0.15, 0.2) is 5.96 Å². The van der Waals surface area contributed by atoms with Gasteiger partial charge in [-0.3, -0.25) is 62.9 Å². The summed E-state index contributed by atoms with van der Waals surface area (Å²) in [5.41, 5.74) is 17.7. The summed E-state index contributed by atoms with van der Waals surface area (Å²) < 4.78 is 15.6. The number of guanidine groups is 1. The number of nitrogens with zero attached hydrogens (tertiary/aromatic N) is 3. The number of hydrogen-bond acceptors (Lipinski definition) is 16. The number of nitrogens with one attached hydrogen (secondary N) is 13. The zero-order chi connectivity index (χ0) is 72.8. The van der Waals surface area contributed by atoms with Crippen LogP contribution in [0.15, 0.2) is 61.2 Å². The molecule has 0 saturated heterocycles. The fraction of sp³-hybridized carbons (Fsp3) is 0.523. The molecule has 4 rings (SSSR count). The van der Waals surface area contributed by atoms with Gasteiger partial charge in [-0.2, -0.15) is 5.26 Å². The first-order valence-corrected chi connectivity index (χ1v) is 32.4. The van der Waals surface area contributed by atoms with E-state index in [1.165, 1.54) is 19.4 Å². The third-order valence-electron chi connectivity index (χ3n) is 15.7. The van der Waals surface area contributed by atoms with Gasteiger partial charge in [0.1, 0.15) is 54.2 Å². The van der Waals surface area contributed by atoms with Gasteiger partial charge < -0.3 is 90.3 Å². The van der Waals surface area contributed by atoms with Gasteiger partial charge >= 0.3 is 0 Å². The van der Waals surface area contributed by atoms with Gasteiger partial charge in [-0.15, -0.1) is 0 Å². The zero-order valence-corrected chi connectivity index (χ0v) is 56.2. The van der Waals surface area contributed by atoms with Gasteiger partial charge in [-0.1, -0.05) is 59.2 Å². The van der Waals surface area contributed by atoms with Crippen LogP contribution < -0.4 is 75.7 Å². The lowest BCUT2D eigenvalue weighted by Gasteiger charge is -2.27. The van der Waals surface area contributed by atoms with Crippen LogP contribution in [0.3, 0.4) is 0 Å². The van der Waals surface area contributed by atoms with Crippen LogP contribution in [0.1, 0.15) is 139 Å². The minimum atomic E-state index is -1.43. The van der Waals surface area contributed by atoms with Crippen LogP contribution in [0.5, 0.6) is 0 Å². The molecular weight excluding hydrogens is 1270 g/mol. The molecule has 32 nitrogen and oxygen atoms in total. The van der Waals surface area contributed by atoms with E-state index in [0.29, 0.717) is 28.6 Å². The number of aromatic nitrogens is 3. The normalized spacial score (nSPS) is 13.9. The molecule has 0 bridgehead atoms. The standard InChI is InChI=1S/C65H94FN19O13/c1-8-14-45(51(86)29-54(89)79-48(57(69)91)25-35(2)3)81-63(97)50(28-41-32-72-34-85(41)7)80-55(90)33-76-64(98)56(36(4)5)84-58(92)37(6)77-62(96)49(27-40-31-75-44-16-10-9-15-42(40)44)83-61(95)47(21-22-52(68)87)78-53(88)18-11-12-23-73-60(94)46(17-13-24-74-65(70)71)82-59(93)38-19-20-43(66)39(26-38)30-67/h9-10,15-16,19-20,26,31-32,34-37,45-51,56,75,86H,8,11-14,17-18,21-25,27-29,33H2,1-7H3,(H2,68,87)(H2,69,91)(H,73,94)(H,76,98)(H,77,96)(H,78,88)(H,79,89)(H,80,90)(H,81,97)(H,82,93)(H,83,95)(H,84,92)(H4,70,71,74)/t37-,45-,46-,47-,48-,49-,50-,51-,56-/m0/s1/i66-1. The molecule has 2 aromatic carbocycles. The number of halogens is 1. The smallest absolute Gasteiger partial charge is 0.251 e. The molecule has 33 heteroatoms. The van der Waals surface area contributed by atoms with Gasteiger partial charge in [-0.25, -0.2) is 9.37 Å². The maximum absolute atomic E-state index is 14.4. The predicted octanol–water partition coefficient (Wildman–Crippen LogP) is -1.42. The molecule has 0 fully saturated rings. The van der Waals surface area contributed by atoms with Gasteiger partial charge in [0.25, 0.3) is 5.91 Å². The van der Waals surface area contributed by atoms with E-state index in [9.17, 15) is 72.3 Å². The third kappa shape index (κ3) is 26.9. The minimum Gasteiger partial charge on any atom is -0.390 e. The number of carbonyl (C=O) groups is 12. The Kier molecular flexibility index (Phi) is 32.7.